The van der Waals surface area contributed by atoms with E-state index in [1.165, 1.54) is 11.3 Å². The van der Waals surface area contributed by atoms with Gasteiger partial charge in [-0.15, -0.1) is 11.3 Å². The number of H-pyrrole nitrogens is 1. The summed E-state index contributed by atoms with van der Waals surface area (Å²) in [6.45, 7) is 2.03. The molecule has 0 fully saturated rings. The minimum atomic E-state index is -0.0328. The van der Waals surface area contributed by atoms with Crippen molar-refractivity contribution < 1.29 is 9.90 Å². The Kier molecular flexibility index (Phi) is 3.15. The molecule has 20 heavy (non-hydrogen) atoms. The van der Waals surface area contributed by atoms with Crippen LogP contribution < -0.4 is 5.32 Å². The molecule has 0 aliphatic heterocycles. The normalized spacial score (nSPS) is 10.8. The van der Waals surface area contributed by atoms with E-state index in [-0.39, 0.29) is 18.1 Å². The van der Waals surface area contributed by atoms with Gasteiger partial charge in [0.2, 0.25) is 0 Å². The van der Waals surface area contributed by atoms with Gasteiger partial charge in [0.15, 0.2) is 10.9 Å². The fraction of sp³-hybridized carbons (Fsp3) is 0.143. The number of aromatic amines is 1. The molecule has 0 atom stereocenters. The van der Waals surface area contributed by atoms with Crippen LogP contribution in [0.2, 0.25) is 0 Å². The zero-order valence-corrected chi connectivity index (χ0v) is 11.6. The molecule has 2 heterocycles. The highest BCUT2D eigenvalue weighted by Gasteiger charge is 2.16. The number of benzene rings is 1. The van der Waals surface area contributed by atoms with E-state index in [0.717, 1.165) is 21.7 Å². The predicted octanol–water partition coefficient (Wildman–Crippen LogP) is 2.93. The van der Waals surface area contributed by atoms with Gasteiger partial charge in [-0.3, -0.25) is 4.79 Å². The van der Waals surface area contributed by atoms with Crippen LogP contribution in [0.25, 0.3) is 10.9 Å². The maximum atomic E-state index is 12.4. The topological polar surface area (TPSA) is 78.0 Å². The number of carbonyl (C=O) groups excluding carboxylic acids is 1. The first-order valence-corrected chi connectivity index (χ1v) is 7.01. The van der Waals surface area contributed by atoms with Gasteiger partial charge in [0.25, 0.3) is 0 Å². The van der Waals surface area contributed by atoms with Crippen molar-refractivity contribution in [2.75, 3.05) is 11.9 Å². The second-order valence-electron chi connectivity index (χ2n) is 4.47. The van der Waals surface area contributed by atoms with Crippen LogP contribution in [0.5, 0.6) is 5.75 Å². The second-order valence-corrected chi connectivity index (χ2v) is 5.36. The Hall–Kier alpha value is -2.34. The van der Waals surface area contributed by atoms with Crippen LogP contribution >= 0.6 is 11.3 Å². The van der Waals surface area contributed by atoms with Crippen molar-refractivity contribution in [3.05, 3.63) is 41.0 Å². The number of nitrogens with one attached hydrogen (secondary N) is 2. The molecular formula is C14H13N3O2S. The van der Waals surface area contributed by atoms with E-state index in [1.807, 2.05) is 12.3 Å². The van der Waals surface area contributed by atoms with Crippen LogP contribution in [-0.4, -0.2) is 27.4 Å². The van der Waals surface area contributed by atoms with E-state index >= 15 is 0 Å². The summed E-state index contributed by atoms with van der Waals surface area (Å²) in [6, 6.07) is 4.97. The summed E-state index contributed by atoms with van der Waals surface area (Å²) in [5.41, 5.74) is 2.26. The SMILES string of the molecule is Cc1[nH]c2ccc(O)cc2c1C(=O)CNc1nccs1. The number of thiazole rings is 1. The Bertz CT molecular complexity index is 762. The summed E-state index contributed by atoms with van der Waals surface area (Å²) in [5, 5.41) is 15.9. The highest BCUT2D eigenvalue weighted by Crippen LogP contribution is 2.26. The van der Waals surface area contributed by atoms with Crippen molar-refractivity contribution in [2.45, 2.75) is 6.92 Å². The van der Waals surface area contributed by atoms with Gasteiger partial charge in [-0.2, -0.15) is 0 Å². The van der Waals surface area contributed by atoms with Gasteiger partial charge in [-0.25, -0.2) is 4.98 Å². The monoisotopic (exact) mass is 287 g/mol. The lowest BCUT2D eigenvalue weighted by molar-refractivity contribution is 0.101. The summed E-state index contributed by atoms with van der Waals surface area (Å²) in [6.07, 6.45) is 1.69. The van der Waals surface area contributed by atoms with Gasteiger partial charge in [-0.05, 0) is 25.1 Å². The first kappa shape index (κ1) is 12.7. The Balaban J connectivity index is 1.90. The number of aromatic nitrogens is 2. The van der Waals surface area contributed by atoms with Crippen LogP contribution in [0.1, 0.15) is 16.1 Å². The number of hydrogen-bond acceptors (Lipinski definition) is 5. The van der Waals surface area contributed by atoms with Crippen molar-refractivity contribution in [3.63, 3.8) is 0 Å². The molecule has 5 nitrogen and oxygen atoms in total. The predicted molar refractivity (Wildman–Crippen MR) is 79.6 cm³/mol. The Morgan fingerprint density at radius 2 is 2.35 bits per heavy atom. The quantitative estimate of drug-likeness (QED) is 0.645. The second kappa shape index (κ2) is 4.97. The molecule has 0 aliphatic rings. The van der Waals surface area contributed by atoms with Crippen LogP contribution in [0.3, 0.4) is 0 Å². The van der Waals surface area contributed by atoms with Crippen LogP contribution in [0, 0.1) is 6.92 Å². The number of anilines is 1. The summed E-state index contributed by atoms with van der Waals surface area (Å²) >= 11 is 1.45. The molecule has 2 aromatic heterocycles. The smallest absolute Gasteiger partial charge is 0.184 e. The molecule has 0 radical (unpaired) electrons. The fourth-order valence-corrected chi connectivity index (χ4v) is 2.76. The van der Waals surface area contributed by atoms with Crippen molar-refractivity contribution >= 4 is 33.2 Å². The third-order valence-corrected chi connectivity index (χ3v) is 3.81. The number of ketones is 1. The molecule has 3 aromatic rings. The van der Waals surface area contributed by atoms with Gasteiger partial charge in [0, 0.05) is 33.7 Å². The standard InChI is InChI=1S/C14H13N3O2S/c1-8-13(10-6-9(18)2-3-11(10)17-8)12(19)7-16-14-15-4-5-20-14/h2-6,17-18H,7H2,1H3,(H,15,16). The maximum absolute atomic E-state index is 12.4. The van der Waals surface area contributed by atoms with E-state index in [4.69, 9.17) is 0 Å². The highest BCUT2D eigenvalue weighted by molar-refractivity contribution is 7.13. The molecular weight excluding hydrogens is 274 g/mol. The Morgan fingerprint density at radius 1 is 1.50 bits per heavy atom. The first-order valence-electron chi connectivity index (χ1n) is 6.13. The number of rotatable bonds is 4. The first-order chi connectivity index (χ1) is 9.65. The van der Waals surface area contributed by atoms with Gasteiger partial charge in [0.05, 0.1) is 6.54 Å². The maximum Gasteiger partial charge on any atom is 0.184 e. The number of hydrogen-bond donors (Lipinski definition) is 3. The number of fused-ring (bicyclic) bond motifs is 1. The summed E-state index contributed by atoms with van der Waals surface area (Å²) < 4.78 is 0. The van der Waals surface area contributed by atoms with E-state index in [0.29, 0.717) is 5.56 Å². The van der Waals surface area contributed by atoms with E-state index in [1.54, 1.807) is 24.4 Å². The number of nitrogens with zero attached hydrogens (tertiary/aromatic N) is 1. The van der Waals surface area contributed by atoms with Gasteiger partial charge >= 0.3 is 0 Å². The molecule has 0 spiro atoms. The lowest BCUT2D eigenvalue weighted by Crippen LogP contribution is -2.14. The zero-order valence-electron chi connectivity index (χ0n) is 10.8. The molecule has 3 N–H and O–H groups in total. The molecule has 6 heteroatoms. The summed E-state index contributed by atoms with van der Waals surface area (Å²) in [7, 11) is 0. The molecule has 102 valence electrons. The van der Waals surface area contributed by atoms with Crippen LogP contribution in [0.4, 0.5) is 5.13 Å². The highest BCUT2D eigenvalue weighted by atomic mass is 32.1. The number of aryl methyl sites for hydroxylation is 1. The van der Waals surface area contributed by atoms with Gasteiger partial charge in [-0.1, -0.05) is 0 Å². The van der Waals surface area contributed by atoms with Gasteiger partial charge < -0.3 is 15.4 Å². The molecule has 0 saturated carbocycles. The minimum absolute atomic E-state index is 0.0328. The molecule has 0 amide bonds. The number of phenolic OH excluding ortho intramolecular Hbond substituents is 1. The van der Waals surface area contributed by atoms with Crippen molar-refractivity contribution in [1.29, 1.82) is 0 Å². The Labute approximate surface area is 119 Å². The average Bonchev–Trinajstić information content (AvgIpc) is 3.02. The largest absolute Gasteiger partial charge is 0.508 e. The zero-order chi connectivity index (χ0) is 14.1. The number of carbonyl (C=O) groups is 1. The van der Waals surface area contributed by atoms with Crippen LogP contribution in [-0.2, 0) is 0 Å². The lowest BCUT2D eigenvalue weighted by atomic mass is 10.1. The molecule has 0 aliphatic carbocycles. The minimum Gasteiger partial charge on any atom is -0.508 e. The summed E-state index contributed by atoms with van der Waals surface area (Å²) in [4.78, 5) is 19.6. The Morgan fingerprint density at radius 3 is 3.10 bits per heavy atom. The molecule has 0 bridgehead atoms. The average molecular weight is 287 g/mol. The number of aromatic hydroxyl groups is 1. The van der Waals surface area contributed by atoms with E-state index in [9.17, 15) is 9.90 Å². The number of phenols is 1. The van der Waals surface area contributed by atoms with Crippen molar-refractivity contribution in [2.24, 2.45) is 0 Å². The summed E-state index contributed by atoms with van der Waals surface area (Å²) in [5.74, 6) is 0.119. The molecule has 3 rings (SSSR count). The van der Waals surface area contributed by atoms with Crippen LogP contribution in [0.15, 0.2) is 29.8 Å². The van der Waals surface area contributed by atoms with Crippen molar-refractivity contribution in [3.8, 4) is 5.75 Å². The molecule has 1 aromatic carbocycles. The third-order valence-electron chi connectivity index (χ3n) is 3.08. The van der Waals surface area contributed by atoms with Gasteiger partial charge in [0.1, 0.15) is 5.75 Å². The number of Topliss-reactive ketones (excluding diaryl/α,β-unsaturated/α-hetero) is 1. The molecule has 0 saturated heterocycles. The van der Waals surface area contributed by atoms with E-state index < -0.39 is 0 Å². The third kappa shape index (κ3) is 2.25. The lowest BCUT2D eigenvalue weighted by Gasteiger charge is -2.03. The van der Waals surface area contributed by atoms with Crippen molar-refractivity contribution in [1.82, 2.24) is 9.97 Å². The van der Waals surface area contributed by atoms with E-state index in [2.05, 4.69) is 15.3 Å². The fourth-order valence-electron chi connectivity index (χ4n) is 2.23. The molecule has 0 unspecified atom stereocenters.